The van der Waals surface area contributed by atoms with Crippen LogP contribution >= 0.6 is 0 Å². The molecule has 0 fully saturated rings. The molecule has 6 nitrogen and oxygen atoms in total. The molecule has 0 amide bonds. The fourth-order valence-corrected chi connectivity index (χ4v) is 2.71. The molecule has 1 unspecified atom stereocenters. The second kappa shape index (κ2) is 7.83. The lowest BCUT2D eigenvalue weighted by molar-refractivity contribution is 0.186. The number of nitriles is 1. The highest BCUT2D eigenvalue weighted by molar-refractivity contribution is 5.43. The lowest BCUT2D eigenvalue weighted by atomic mass is 10.1. The van der Waals surface area contributed by atoms with Gasteiger partial charge in [0.25, 0.3) is 0 Å². The van der Waals surface area contributed by atoms with Crippen molar-refractivity contribution in [3.8, 4) is 17.5 Å². The molecular formula is C20H20N4O2. The molecule has 26 heavy (non-hydrogen) atoms. The van der Waals surface area contributed by atoms with Gasteiger partial charge in [-0.3, -0.25) is 0 Å². The molecule has 1 aromatic heterocycles. The third kappa shape index (κ3) is 3.59. The highest BCUT2D eigenvalue weighted by Crippen LogP contribution is 2.22. The Balaban J connectivity index is 1.85. The number of nitrogens with zero attached hydrogens (tertiary/aromatic N) is 3. The third-order valence-electron chi connectivity index (χ3n) is 4.13. The van der Waals surface area contributed by atoms with Crippen LogP contribution in [0.4, 0.5) is 0 Å². The van der Waals surface area contributed by atoms with Gasteiger partial charge >= 0.3 is 0 Å². The molecule has 132 valence electrons. The van der Waals surface area contributed by atoms with Gasteiger partial charge in [-0.1, -0.05) is 30.3 Å². The van der Waals surface area contributed by atoms with Crippen molar-refractivity contribution in [3.63, 3.8) is 0 Å². The molecule has 1 atom stereocenters. The molecule has 1 heterocycles. The number of hydrogen-bond acceptors (Lipinski definition) is 5. The molecule has 0 bridgehead atoms. The zero-order valence-electron chi connectivity index (χ0n) is 14.5. The molecule has 3 N–H and O–H groups in total. The molecule has 0 radical (unpaired) electrons. The molecule has 0 saturated carbocycles. The zero-order valence-corrected chi connectivity index (χ0v) is 14.5. The van der Waals surface area contributed by atoms with Crippen LogP contribution in [0.3, 0.4) is 0 Å². The van der Waals surface area contributed by atoms with E-state index in [4.69, 9.17) is 10.5 Å². The minimum absolute atomic E-state index is 0.168. The number of aliphatic hydroxyl groups excluding tert-OH is 1. The zero-order chi connectivity index (χ0) is 18.5. The largest absolute Gasteiger partial charge is 0.487 e. The van der Waals surface area contributed by atoms with E-state index >= 15 is 0 Å². The average molecular weight is 348 g/mol. The number of hydrogen-bond donors (Lipinski definition) is 2. The van der Waals surface area contributed by atoms with Gasteiger partial charge in [-0.15, -0.1) is 0 Å². The molecule has 3 aromatic rings. The maximum Gasteiger partial charge on any atom is 0.132 e. The molecule has 0 aliphatic heterocycles. The lowest BCUT2D eigenvalue weighted by Gasteiger charge is -2.11. The van der Waals surface area contributed by atoms with Gasteiger partial charge in [-0.05, 0) is 36.8 Å². The van der Waals surface area contributed by atoms with Gasteiger partial charge < -0.3 is 15.6 Å². The average Bonchev–Trinajstić information content (AvgIpc) is 3.02. The second-order valence-corrected chi connectivity index (χ2v) is 5.88. The van der Waals surface area contributed by atoms with E-state index in [0.29, 0.717) is 22.7 Å². The van der Waals surface area contributed by atoms with Crippen LogP contribution in [-0.4, -0.2) is 21.4 Å². The normalized spacial score (nSPS) is 11.8. The van der Waals surface area contributed by atoms with Crippen LogP contribution in [0, 0.1) is 18.3 Å². The summed E-state index contributed by atoms with van der Waals surface area (Å²) in [6.45, 7) is 2.18. The summed E-state index contributed by atoms with van der Waals surface area (Å²) in [5, 5.41) is 23.7. The van der Waals surface area contributed by atoms with Crippen molar-refractivity contribution in [1.82, 2.24) is 9.78 Å². The standard InChI is InChI=1S/C20H20N4O2/c1-14-18(11-21)19(24(23-14)16-5-3-2-4-6-16)13-26-17-9-7-15(8-10-17)20(25)12-22/h2-10,20,25H,12-13,22H2,1H3. The SMILES string of the molecule is Cc1nn(-c2ccccc2)c(COc2ccc(C(O)CN)cc2)c1C#N. The summed E-state index contributed by atoms with van der Waals surface area (Å²) >= 11 is 0. The Morgan fingerprint density at radius 2 is 1.88 bits per heavy atom. The van der Waals surface area contributed by atoms with Crippen molar-refractivity contribution in [2.24, 2.45) is 5.73 Å². The summed E-state index contributed by atoms with van der Waals surface area (Å²) in [5.74, 6) is 0.639. The highest BCUT2D eigenvalue weighted by atomic mass is 16.5. The monoisotopic (exact) mass is 348 g/mol. The van der Waals surface area contributed by atoms with Crippen molar-refractivity contribution < 1.29 is 9.84 Å². The Morgan fingerprint density at radius 1 is 1.19 bits per heavy atom. The van der Waals surface area contributed by atoms with E-state index in [-0.39, 0.29) is 13.2 Å². The van der Waals surface area contributed by atoms with E-state index in [2.05, 4.69) is 11.2 Å². The molecule has 2 aromatic carbocycles. The molecule has 0 aliphatic carbocycles. The molecule has 0 spiro atoms. The summed E-state index contributed by atoms with van der Waals surface area (Å²) in [7, 11) is 0. The van der Waals surface area contributed by atoms with Gasteiger partial charge in [-0.25, -0.2) is 4.68 Å². The van der Waals surface area contributed by atoms with E-state index in [1.165, 1.54) is 0 Å². The van der Waals surface area contributed by atoms with Crippen LogP contribution in [0.1, 0.15) is 28.6 Å². The summed E-state index contributed by atoms with van der Waals surface area (Å²) in [6, 6.07) is 18.9. The Bertz CT molecular complexity index is 911. The van der Waals surface area contributed by atoms with Gasteiger partial charge in [0.15, 0.2) is 0 Å². The molecule has 0 aliphatic rings. The molecule has 0 saturated heterocycles. The summed E-state index contributed by atoms with van der Waals surface area (Å²) in [6.07, 6.45) is -0.684. The van der Waals surface area contributed by atoms with Crippen LogP contribution in [-0.2, 0) is 6.61 Å². The van der Waals surface area contributed by atoms with Crippen LogP contribution < -0.4 is 10.5 Å². The van der Waals surface area contributed by atoms with Crippen LogP contribution in [0.15, 0.2) is 54.6 Å². The van der Waals surface area contributed by atoms with Crippen LogP contribution in [0.5, 0.6) is 5.75 Å². The number of nitrogens with two attached hydrogens (primary N) is 1. The fraction of sp³-hybridized carbons (Fsp3) is 0.200. The van der Waals surface area contributed by atoms with E-state index in [1.54, 1.807) is 28.9 Å². The Kier molecular flexibility index (Phi) is 5.32. The maximum absolute atomic E-state index is 9.75. The number of aromatic nitrogens is 2. The summed E-state index contributed by atoms with van der Waals surface area (Å²) in [4.78, 5) is 0. The number of aliphatic hydroxyl groups is 1. The van der Waals surface area contributed by atoms with Gasteiger partial charge in [0.1, 0.15) is 24.0 Å². The van der Waals surface area contributed by atoms with Gasteiger partial charge in [0.05, 0.1) is 23.2 Å². The Labute approximate surface area is 152 Å². The molecule has 6 heteroatoms. The highest BCUT2D eigenvalue weighted by Gasteiger charge is 2.17. The van der Waals surface area contributed by atoms with Gasteiger partial charge in [0, 0.05) is 6.54 Å². The van der Waals surface area contributed by atoms with E-state index in [0.717, 1.165) is 11.3 Å². The van der Waals surface area contributed by atoms with Crippen molar-refractivity contribution in [2.75, 3.05) is 6.54 Å². The quantitative estimate of drug-likeness (QED) is 0.714. The Hall–Kier alpha value is -3.14. The van der Waals surface area contributed by atoms with Gasteiger partial charge in [0.2, 0.25) is 0 Å². The first-order valence-electron chi connectivity index (χ1n) is 8.29. The van der Waals surface area contributed by atoms with Crippen molar-refractivity contribution in [1.29, 1.82) is 5.26 Å². The van der Waals surface area contributed by atoms with Crippen molar-refractivity contribution in [2.45, 2.75) is 19.6 Å². The maximum atomic E-state index is 9.75. The topological polar surface area (TPSA) is 97.1 Å². The number of ether oxygens (including phenoxy) is 1. The first kappa shape index (κ1) is 17.7. The van der Waals surface area contributed by atoms with E-state index in [1.807, 2.05) is 37.3 Å². The second-order valence-electron chi connectivity index (χ2n) is 5.88. The van der Waals surface area contributed by atoms with Crippen molar-refractivity contribution in [3.05, 3.63) is 77.1 Å². The molecular weight excluding hydrogens is 328 g/mol. The minimum atomic E-state index is -0.684. The summed E-state index contributed by atoms with van der Waals surface area (Å²) < 4.78 is 7.59. The smallest absolute Gasteiger partial charge is 0.132 e. The minimum Gasteiger partial charge on any atom is -0.487 e. The number of para-hydroxylation sites is 1. The first-order chi connectivity index (χ1) is 12.6. The summed E-state index contributed by atoms with van der Waals surface area (Å²) in [5.41, 5.74) is 8.95. The van der Waals surface area contributed by atoms with E-state index < -0.39 is 6.10 Å². The number of rotatable bonds is 6. The Morgan fingerprint density at radius 3 is 2.50 bits per heavy atom. The van der Waals surface area contributed by atoms with Gasteiger partial charge in [-0.2, -0.15) is 10.4 Å². The van der Waals surface area contributed by atoms with Crippen LogP contribution in [0.2, 0.25) is 0 Å². The molecule has 3 rings (SSSR count). The predicted molar refractivity (Wildman–Crippen MR) is 97.8 cm³/mol. The fourth-order valence-electron chi connectivity index (χ4n) is 2.71. The van der Waals surface area contributed by atoms with Crippen molar-refractivity contribution >= 4 is 0 Å². The third-order valence-corrected chi connectivity index (χ3v) is 4.13. The first-order valence-corrected chi connectivity index (χ1v) is 8.29. The number of benzene rings is 2. The lowest BCUT2D eigenvalue weighted by Crippen LogP contribution is -2.11. The van der Waals surface area contributed by atoms with Crippen LogP contribution in [0.25, 0.3) is 5.69 Å². The number of aryl methyl sites for hydroxylation is 1. The predicted octanol–water partition coefficient (Wildman–Crippen LogP) is 2.62. The van der Waals surface area contributed by atoms with E-state index in [9.17, 15) is 10.4 Å².